The molecule has 19 heavy (non-hydrogen) atoms. The van der Waals surface area contributed by atoms with Crippen LogP contribution in [0.5, 0.6) is 0 Å². The fourth-order valence-electron chi connectivity index (χ4n) is 1.67. The molecule has 0 heterocycles. The van der Waals surface area contributed by atoms with Gasteiger partial charge in [-0.15, -0.1) is 0 Å². The van der Waals surface area contributed by atoms with Crippen molar-refractivity contribution in [2.45, 2.75) is 25.4 Å². The predicted octanol–water partition coefficient (Wildman–Crippen LogP) is 3.78. The Morgan fingerprint density at radius 3 is 2.21 bits per heavy atom. The lowest BCUT2D eigenvalue weighted by molar-refractivity contribution is -0.137. The Morgan fingerprint density at radius 2 is 1.74 bits per heavy atom. The number of hydrogen-bond acceptors (Lipinski definition) is 3. The number of rotatable bonds is 5. The van der Waals surface area contributed by atoms with Gasteiger partial charge in [0.25, 0.3) is 0 Å². The number of nitrogens with one attached hydrogen (secondary N) is 1. The minimum Gasteiger partial charge on any atom is -0.377 e. The van der Waals surface area contributed by atoms with E-state index in [1.165, 1.54) is 20.3 Å². The molecule has 0 saturated heterocycles. The molecule has 108 valence electrons. The van der Waals surface area contributed by atoms with Crippen molar-refractivity contribution < 1.29 is 22.6 Å². The van der Waals surface area contributed by atoms with Crippen molar-refractivity contribution >= 4 is 17.3 Å². The first-order chi connectivity index (χ1) is 8.77. The maximum absolute atomic E-state index is 12.6. The molecule has 0 aromatic heterocycles. The average Bonchev–Trinajstić information content (AvgIpc) is 2.28. The van der Waals surface area contributed by atoms with Crippen LogP contribution in [0.15, 0.2) is 18.2 Å². The first-order valence-corrected chi connectivity index (χ1v) is 5.85. The van der Waals surface area contributed by atoms with Crippen LogP contribution in [-0.4, -0.2) is 26.6 Å². The first kappa shape index (κ1) is 16.1. The summed E-state index contributed by atoms with van der Waals surface area (Å²) in [5.41, 5.74) is -0.549. The van der Waals surface area contributed by atoms with Crippen LogP contribution < -0.4 is 5.32 Å². The van der Waals surface area contributed by atoms with E-state index in [-0.39, 0.29) is 16.8 Å². The summed E-state index contributed by atoms with van der Waals surface area (Å²) in [6, 6.07) is 2.94. The summed E-state index contributed by atoms with van der Waals surface area (Å²) in [5.74, 6) is 0. The van der Waals surface area contributed by atoms with Gasteiger partial charge in [0.2, 0.25) is 0 Å². The van der Waals surface area contributed by atoms with Crippen LogP contribution in [0.2, 0.25) is 5.02 Å². The lowest BCUT2D eigenvalue weighted by Crippen LogP contribution is -2.33. The second-order valence-corrected chi connectivity index (χ2v) is 4.44. The molecule has 0 spiro atoms. The number of ether oxygens (including phenoxy) is 2. The Bertz CT molecular complexity index is 422. The first-order valence-electron chi connectivity index (χ1n) is 5.48. The van der Waals surface area contributed by atoms with E-state index >= 15 is 0 Å². The minimum atomic E-state index is -4.44. The SMILES string of the molecule is COC(OC)C(C)Nc1cc(Cl)cc(C(F)(F)F)c1. The van der Waals surface area contributed by atoms with Crippen molar-refractivity contribution in [1.29, 1.82) is 0 Å². The molecule has 0 aliphatic carbocycles. The third-order valence-corrected chi connectivity index (χ3v) is 2.71. The third kappa shape index (κ3) is 4.56. The van der Waals surface area contributed by atoms with Crippen molar-refractivity contribution in [3.05, 3.63) is 28.8 Å². The highest BCUT2D eigenvalue weighted by Crippen LogP contribution is 2.33. The molecule has 0 radical (unpaired) electrons. The number of hydrogen-bond donors (Lipinski definition) is 1. The van der Waals surface area contributed by atoms with Crippen LogP contribution in [0.3, 0.4) is 0 Å². The normalized spacial score (nSPS) is 13.7. The molecule has 0 amide bonds. The molecule has 1 rings (SSSR count). The lowest BCUT2D eigenvalue weighted by Gasteiger charge is -2.23. The van der Waals surface area contributed by atoms with Gasteiger partial charge in [-0.2, -0.15) is 13.2 Å². The number of benzene rings is 1. The maximum Gasteiger partial charge on any atom is 0.416 e. The van der Waals surface area contributed by atoms with Gasteiger partial charge in [0.15, 0.2) is 6.29 Å². The van der Waals surface area contributed by atoms with Gasteiger partial charge in [-0.05, 0) is 25.1 Å². The van der Waals surface area contributed by atoms with Crippen molar-refractivity contribution in [3.63, 3.8) is 0 Å². The Morgan fingerprint density at radius 1 is 1.16 bits per heavy atom. The molecule has 0 aliphatic rings. The molecule has 0 saturated carbocycles. The van der Waals surface area contributed by atoms with Gasteiger partial charge in [-0.1, -0.05) is 11.6 Å². The quantitative estimate of drug-likeness (QED) is 0.839. The minimum absolute atomic E-state index is 0.0101. The zero-order valence-electron chi connectivity index (χ0n) is 10.7. The summed E-state index contributed by atoms with van der Waals surface area (Å²) in [5, 5.41) is 2.87. The zero-order chi connectivity index (χ0) is 14.6. The van der Waals surface area contributed by atoms with Gasteiger partial charge in [0.1, 0.15) is 0 Å². The van der Waals surface area contributed by atoms with Crippen LogP contribution in [-0.2, 0) is 15.7 Å². The van der Waals surface area contributed by atoms with Crippen LogP contribution in [0.1, 0.15) is 12.5 Å². The molecule has 1 unspecified atom stereocenters. The van der Waals surface area contributed by atoms with Gasteiger partial charge in [-0.25, -0.2) is 0 Å². The Kier molecular flexibility index (Phi) is 5.46. The van der Waals surface area contributed by atoms with Crippen LogP contribution in [0.25, 0.3) is 0 Å². The number of methoxy groups -OCH3 is 2. The van der Waals surface area contributed by atoms with Crippen LogP contribution in [0, 0.1) is 0 Å². The highest BCUT2D eigenvalue weighted by Gasteiger charge is 2.31. The molecule has 3 nitrogen and oxygen atoms in total. The topological polar surface area (TPSA) is 30.5 Å². The fraction of sp³-hybridized carbons (Fsp3) is 0.500. The number of anilines is 1. The standard InChI is InChI=1S/C12H15ClF3NO2/c1-7(11(18-2)19-3)17-10-5-8(12(14,15)16)4-9(13)6-10/h4-7,11,17H,1-3H3. The van der Waals surface area contributed by atoms with Gasteiger partial charge < -0.3 is 14.8 Å². The molecule has 0 bridgehead atoms. The van der Waals surface area contributed by atoms with E-state index in [9.17, 15) is 13.2 Å². The second-order valence-electron chi connectivity index (χ2n) is 4.00. The van der Waals surface area contributed by atoms with E-state index in [0.717, 1.165) is 12.1 Å². The highest BCUT2D eigenvalue weighted by molar-refractivity contribution is 6.30. The van der Waals surface area contributed by atoms with Crippen molar-refractivity contribution in [1.82, 2.24) is 0 Å². The van der Waals surface area contributed by atoms with E-state index in [0.29, 0.717) is 0 Å². The van der Waals surface area contributed by atoms with Crippen LogP contribution >= 0.6 is 11.6 Å². The molecular formula is C12H15ClF3NO2. The van der Waals surface area contributed by atoms with Gasteiger partial charge in [-0.3, -0.25) is 0 Å². The molecule has 0 fully saturated rings. The monoisotopic (exact) mass is 297 g/mol. The second kappa shape index (κ2) is 6.45. The lowest BCUT2D eigenvalue weighted by atomic mass is 10.2. The highest BCUT2D eigenvalue weighted by atomic mass is 35.5. The molecule has 1 atom stereocenters. The van der Waals surface area contributed by atoms with E-state index < -0.39 is 18.0 Å². The van der Waals surface area contributed by atoms with E-state index in [2.05, 4.69) is 5.32 Å². The third-order valence-electron chi connectivity index (χ3n) is 2.49. The van der Waals surface area contributed by atoms with E-state index in [1.807, 2.05) is 0 Å². The summed E-state index contributed by atoms with van der Waals surface area (Å²) in [4.78, 5) is 0. The Balaban J connectivity index is 2.93. The maximum atomic E-state index is 12.6. The van der Waals surface area contributed by atoms with E-state index in [4.69, 9.17) is 21.1 Å². The van der Waals surface area contributed by atoms with Gasteiger partial charge in [0.05, 0.1) is 11.6 Å². The smallest absolute Gasteiger partial charge is 0.377 e. The van der Waals surface area contributed by atoms with Crippen LogP contribution in [0.4, 0.5) is 18.9 Å². The molecule has 7 heteroatoms. The van der Waals surface area contributed by atoms with Gasteiger partial charge in [0, 0.05) is 24.9 Å². The molecule has 1 aromatic carbocycles. The van der Waals surface area contributed by atoms with Gasteiger partial charge >= 0.3 is 6.18 Å². The summed E-state index contributed by atoms with van der Waals surface area (Å²) in [7, 11) is 2.90. The zero-order valence-corrected chi connectivity index (χ0v) is 11.5. The van der Waals surface area contributed by atoms with E-state index in [1.54, 1.807) is 6.92 Å². The molecule has 1 aromatic rings. The Labute approximate surface area is 114 Å². The summed E-state index contributed by atoms with van der Waals surface area (Å²) in [6.07, 6.45) is -5.01. The van der Waals surface area contributed by atoms with Crippen molar-refractivity contribution in [3.8, 4) is 0 Å². The number of halogens is 4. The Hall–Kier alpha value is -0.980. The largest absolute Gasteiger partial charge is 0.416 e. The molecular weight excluding hydrogens is 283 g/mol. The number of alkyl halides is 3. The predicted molar refractivity (Wildman–Crippen MR) is 67.3 cm³/mol. The molecule has 0 aliphatic heterocycles. The molecule has 1 N–H and O–H groups in total. The summed E-state index contributed by atoms with van der Waals surface area (Å²) in [6.45, 7) is 1.73. The summed E-state index contributed by atoms with van der Waals surface area (Å²) < 4.78 is 48.0. The fourth-order valence-corrected chi connectivity index (χ4v) is 1.91. The van der Waals surface area contributed by atoms with Crippen molar-refractivity contribution in [2.75, 3.05) is 19.5 Å². The van der Waals surface area contributed by atoms with Crippen molar-refractivity contribution in [2.24, 2.45) is 0 Å². The summed E-state index contributed by atoms with van der Waals surface area (Å²) >= 11 is 5.68. The average molecular weight is 298 g/mol.